The summed E-state index contributed by atoms with van der Waals surface area (Å²) in [6.07, 6.45) is 0. The van der Waals surface area contributed by atoms with Crippen molar-refractivity contribution in [3.05, 3.63) is 58.8 Å². The zero-order valence-electron chi connectivity index (χ0n) is 12.9. The topological polar surface area (TPSA) is 129 Å². The molecule has 1 N–H and O–H groups in total. The van der Waals surface area contributed by atoms with Gasteiger partial charge in [0, 0.05) is 5.56 Å². The first kappa shape index (κ1) is 16.6. The van der Waals surface area contributed by atoms with E-state index in [1.165, 1.54) is 37.4 Å². The highest BCUT2D eigenvalue weighted by Gasteiger charge is 2.17. The molecule has 1 aromatic heterocycles. The largest absolute Gasteiger partial charge is 0.573 e. The van der Waals surface area contributed by atoms with Crippen LogP contribution in [0.5, 0.6) is 0 Å². The van der Waals surface area contributed by atoms with Crippen LogP contribution in [-0.2, 0) is 14.8 Å². The molecule has 0 aliphatic carbocycles. The molecule has 0 bridgehead atoms. The first-order chi connectivity index (χ1) is 12.0. The molecule has 0 aliphatic rings. The minimum Gasteiger partial charge on any atom is -0.573 e. The van der Waals surface area contributed by atoms with Gasteiger partial charge in [0.25, 0.3) is 0 Å². The molecule has 9 nitrogen and oxygen atoms in total. The molecule has 0 aliphatic heterocycles. The maximum atomic E-state index is 12.6. The quantitative estimate of drug-likeness (QED) is 0.691. The Morgan fingerprint density at radius 3 is 2.68 bits per heavy atom. The van der Waals surface area contributed by atoms with E-state index in [1.807, 2.05) is 0 Å². The molecule has 0 spiro atoms. The Balaban J connectivity index is 1.96. The summed E-state index contributed by atoms with van der Waals surface area (Å²) in [5.41, 5.74) is 0.636. The van der Waals surface area contributed by atoms with Crippen LogP contribution in [0.25, 0.3) is 16.1 Å². The lowest BCUT2D eigenvalue weighted by molar-refractivity contribution is 0.0596. The highest BCUT2D eigenvalue weighted by Crippen LogP contribution is 2.31. The number of carbonyl (C=O) groups is 1. The van der Waals surface area contributed by atoms with E-state index in [1.54, 1.807) is 18.2 Å². The van der Waals surface area contributed by atoms with Crippen LogP contribution in [-0.4, -0.2) is 42.1 Å². The Morgan fingerprint density at radius 1 is 1.16 bits per heavy atom. The molecule has 128 valence electrons. The molecule has 0 fully saturated rings. The standard InChI is InChI=1S/C15H12N5O4S/c1-24-15(21)12-7-2-3-8-13(12)25(22,23)18-11-6-4-5-10(9-11)14-16-19-20-17-14/h2-9H,1H3,(H,16,17,19,20)/q-1. The number of tetrazole rings is 1. The molecule has 2 aromatic carbocycles. The first-order valence-electron chi connectivity index (χ1n) is 7.00. The molecule has 0 saturated heterocycles. The van der Waals surface area contributed by atoms with Crippen molar-refractivity contribution >= 4 is 21.7 Å². The number of nitrogens with one attached hydrogen (secondary N) is 1. The van der Waals surface area contributed by atoms with Crippen LogP contribution in [0.15, 0.2) is 53.4 Å². The number of hydrogen-bond acceptors (Lipinski definition) is 7. The fraction of sp³-hybridized carbons (Fsp3) is 0.0667. The SMILES string of the molecule is COC(=O)c1ccccc1S(=O)(=O)[N-]c1cccc(-c2nn[nH]n2)c1. The van der Waals surface area contributed by atoms with Gasteiger partial charge in [0.1, 0.15) is 10.0 Å². The summed E-state index contributed by atoms with van der Waals surface area (Å²) >= 11 is 0. The molecule has 10 heteroatoms. The van der Waals surface area contributed by atoms with Crippen molar-refractivity contribution in [2.75, 3.05) is 7.11 Å². The lowest BCUT2D eigenvalue weighted by atomic mass is 10.2. The van der Waals surface area contributed by atoms with E-state index < -0.39 is 16.0 Å². The molecule has 0 atom stereocenters. The Bertz CT molecular complexity index is 1000. The van der Waals surface area contributed by atoms with Gasteiger partial charge in [-0.25, -0.2) is 13.2 Å². The van der Waals surface area contributed by atoms with Crippen molar-refractivity contribution in [1.82, 2.24) is 20.6 Å². The molecule has 1 heterocycles. The van der Waals surface area contributed by atoms with Gasteiger partial charge in [-0.3, -0.25) is 0 Å². The van der Waals surface area contributed by atoms with Crippen LogP contribution in [0.1, 0.15) is 10.4 Å². The average Bonchev–Trinajstić information content (AvgIpc) is 3.15. The molecule has 0 saturated carbocycles. The first-order valence-corrected chi connectivity index (χ1v) is 8.44. The minimum absolute atomic E-state index is 0.0805. The Kier molecular flexibility index (Phi) is 4.44. The molecular formula is C15H12N5O4S-. The summed E-state index contributed by atoms with van der Waals surface area (Å²) in [7, 11) is -2.95. The van der Waals surface area contributed by atoms with E-state index in [0.29, 0.717) is 11.4 Å². The number of aromatic amines is 1. The van der Waals surface area contributed by atoms with Crippen molar-refractivity contribution in [3.63, 3.8) is 0 Å². The fourth-order valence-corrected chi connectivity index (χ4v) is 3.31. The van der Waals surface area contributed by atoms with Gasteiger partial charge in [0.15, 0.2) is 0 Å². The second kappa shape index (κ2) is 6.69. The third-order valence-electron chi connectivity index (χ3n) is 3.25. The van der Waals surface area contributed by atoms with Crippen LogP contribution < -0.4 is 0 Å². The molecule has 25 heavy (non-hydrogen) atoms. The maximum absolute atomic E-state index is 12.6. The highest BCUT2D eigenvalue weighted by atomic mass is 32.2. The maximum Gasteiger partial charge on any atom is 0.339 e. The van der Waals surface area contributed by atoms with E-state index in [4.69, 9.17) is 0 Å². The summed E-state index contributed by atoms with van der Waals surface area (Å²) in [4.78, 5) is 11.6. The van der Waals surface area contributed by atoms with Gasteiger partial charge in [-0.1, -0.05) is 36.4 Å². The Morgan fingerprint density at radius 2 is 1.96 bits per heavy atom. The average molecular weight is 358 g/mol. The second-order valence-corrected chi connectivity index (χ2v) is 6.41. The number of H-pyrrole nitrogens is 1. The number of carbonyl (C=O) groups excluding carboxylic acids is 1. The number of hydrogen-bond donors (Lipinski definition) is 1. The molecule has 0 amide bonds. The lowest BCUT2D eigenvalue weighted by Crippen LogP contribution is -2.09. The summed E-state index contributed by atoms with van der Waals surface area (Å²) < 4.78 is 33.6. The number of aromatic nitrogens is 4. The van der Waals surface area contributed by atoms with Crippen molar-refractivity contribution in [2.45, 2.75) is 4.90 Å². The van der Waals surface area contributed by atoms with Gasteiger partial charge in [-0.2, -0.15) is 5.21 Å². The second-order valence-electron chi connectivity index (χ2n) is 4.84. The van der Waals surface area contributed by atoms with Gasteiger partial charge < -0.3 is 9.46 Å². The predicted octanol–water partition coefficient (Wildman–Crippen LogP) is 2.05. The molecule has 0 radical (unpaired) electrons. The van der Waals surface area contributed by atoms with E-state index >= 15 is 0 Å². The predicted molar refractivity (Wildman–Crippen MR) is 87.6 cm³/mol. The van der Waals surface area contributed by atoms with Gasteiger partial charge in [-0.15, -0.1) is 15.9 Å². The molecule has 3 rings (SSSR count). The zero-order chi connectivity index (χ0) is 17.9. The van der Waals surface area contributed by atoms with E-state index in [-0.39, 0.29) is 16.1 Å². The van der Waals surface area contributed by atoms with Crippen LogP contribution >= 0.6 is 0 Å². The number of sulfonamides is 1. The fourth-order valence-electron chi connectivity index (χ4n) is 2.14. The van der Waals surface area contributed by atoms with E-state index in [0.717, 1.165) is 0 Å². The number of esters is 1. The highest BCUT2D eigenvalue weighted by molar-refractivity contribution is 7.94. The van der Waals surface area contributed by atoms with E-state index in [2.05, 4.69) is 30.1 Å². The summed E-state index contributed by atoms with van der Waals surface area (Å²) in [5, 5.41) is 13.4. The van der Waals surface area contributed by atoms with Crippen LogP contribution in [0.2, 0.25) is 0 Å². The Hall–Kier alpha value is -3.27. The van der Waals surface area contributed by atoms with Crippen LogP contribution in [0.3, 0.4) is 0 Å². The molecular weight excluding hydrogens is 346 g/mol. The van der Waals surface area contributed by atoms with Gasteiger partial charge in [-0.05, 0) is 17.3 Å². The minimum atomic E-state index is -4.12. The summed E-state index contributed by atoms with van der Waals surface area (Å²) in [6.45, 7) is 0. The Labute approximate surface area is 143 Å². The molecule has 0 unspecified atom stereocenters. The number of benzene rings is 2. The number of methoxy groups -OCH3 is 1. The van der Waals surface area contributed by atoms with Gasteiger partial charge in [0.2, 0.25) is 5.82 Å². The summed E-state index contributed by atoms with van der Waals surface area (Å²) in [6, 6.07) is 12.0. The van der Waals surface area contributed by atoms with Crippen molar-refractivity contribution in [1.29, 1.82) is 0 Å². The monoisotopic (exact) mass is 358 g/mol. The zero-order valence-corrected chi connectivity index (χ0v) is 13.8. The van der Waals surface area contributed by atoms with Crippen LogP contribution in [0.4, 0.5) is 5.69 Å². The van der Waals surface area contributed by atoms with Crippen molar-refractivity contribution < 1.29 is 17.9 Å². The van der Waals surface area contributed by atoms with Gasteiger partial charge >= 0.3 is 5.97 Å². The molecule has 3 aromatic rings. The summed E-state index contributed by atoms with van der Waals surface area (Å²) in [5.74, 6) is -0.445. The number of nitrogens with zero attached hydrogens (tertiary/aromatic N) is 4. The third kappa shape index (κ3) is 3.48. The van der Waals surface area contributed by atoms with Crippen molar-refractivity contribution in [2.24, 2.45) is 0 Å². The lowest BCUT2D eigenvalue weighted by Gasteiger charge is -2.23. The van der Waals surface area contributed by atoms with Crippen LogP contribution in [0, 0.1) is 0 Å². The number of rotatable bonds is 5. The smallest absolute Gasteiger partial charge is 0.339 e. The number of ether oxygens (including phenoxy) is 1. The van der Waals surface area contributed by atoms with Gasteiger partial charge in [0.05, 0.1) is 17.6 Å². The third-order valence-corrected chi connectivity index (χ3v) is 4.61. The normalized spacial score (nSPS) is 11.1. The van der Waals surface area contributed by atoms with E-state index in [9.17, 15) is 13.2 Å². The van der Waals surface area contributed by atoms with Crippen molar-refractivity contribution in [3.8, 4) is 11.4 Å².